The van der Waals surface area contributed by atoms with Gasteiger partial charge in [-0.25, -0.2) is 0 Å². The van der Waals surface area contributed by atoms with Crippen molar-refractivity contribution in [2.75, 3.05) is 6.61 Å². The molecule has 0 amide bonds. The molecule has 0 aromatic heterocycles. The molecule has 1 nitrogen and oxygen atoms in total. The van der Waals surface area contributed by atoms with Gasteiger partial charge in [-0.2, -0.15) is 0 Å². The van der Waals surface area contributed by atoms with Crippen LogP contribution in [-0.4, -0.2) is 11.7 Å². The van der Waals surface area contributed by atoms with Crippen LogP contribution in [0.25, 0.3) is 0 Å². The van der Waals surface area contributed by atoms with Gasteiger partial charge >= 0.3 is 0 Å². The molecule has 0 bridgehead atoms. The Balaban J connectivity index is 3.05. The Morgan fingerprint density at radius 2 is 1.50 bits per heavy atom. The molecule has 0 radical (unpaired) electrons. The first-order valence-corrected chi connectivity index (χ1v) is 5.84. The quantitative estimate of drug-likeness (QED) is 0.439. The van der Waals surface area contributed by atoms with Gasteiger partial charge in [0.1, 0.15) is 0 Å². The summed E-state index contributed by atoms with van der Waals surface area (Å²) in [5.74, 6) is 0. The lowest BCUT2D eigenvalue weighted by Gasteiger charge is -1.96. The van der Waals surface area contributed by atoms with Crippen molar-refractivity contribution in [2.45, 2.75) is 51.9 Å². The molecular weight excluding hydrogens is 172 g/mol. The summed E-state index contributed by atoms with van der Waals surface area (Å²) in [6, 6.07) is 0. The van der Waals surface area contributed by atoms with Crippen LogP contribution in [0.2, 0.25) is 0 Å². The first kappa shape index (κ1) is 13.4. The minimum absolute atomic E-state index is 0.349. The molecule has 82 valence electrons. The molecule has 0 aliphatic rings. The van der Waals surface area contributed by atoms with Crippen molar-refractivity contribution in [1.29, 1.82) is 0 Å². The number of allylic oxidation sites excluding steroid dienone is 4. The van der Waals surface area contributed by atoms with Crippen LogP contribution < -0.4 is 0 Å². The number of aliphatic hydroxyl groups excluding tert-OH is 1. The highest BCUT2D eigenvalue weighted by Gasteiger charge is 1.87. The van der Waals surface area contributed by atoms with Crippen molar-refractivity contribution >= 4 is 0 Å². The van der Waals surface area contributed by atoms with E-state index in [-0.39, 0.29) is 0 Å². The molecule has 1 heteroatoms. The van der Waals surface area contributed by atoms with Gasteiger partial charge in [-0.3, -0.25) is 0 Å². The summed E-state index contributed by atoms with van der Waals surface area (Å²) in [6.45, 7) is 2.49. The summed E-state index contributed by atoms with van der Waals surface area (Å²) < 4.78 is 0. The first-order valence-electron chi connectivity index (χ1n) is 5.84. The Bertz CT molecular complexity index is 147. The van der Waals surface area contributed by atoms with Crippen LogP contribution in [0.15, 0.2) is 24.3 Å². The fourth-order valence-corrected chi connectivity index (χ4v) is 1.29. The zero-order chi connectivity index (χ0) is 10.5. The molecule has 0 unspecified atom stereocenters. The molecule has 0 fully saturated rings. The van der Waals surface area contributed by atoms with Crippen molar-refractivity contribution in [3.8, 4) is 0 Å². The lowest BCUT2D eigenvalue weighted by molar-refractivity contribution is 0.282. The molecule has 14 heavy (non-hydrogen) atoms. The Kier molecular flexibility index (Phi) is 11.9. The topological polar surface area (TPSA) is 20.2 Å². The molecule has 0 aliphatic heterocycles. The Hall–Kier alpha value is -0.560. The molecule has 1 N–H and O–H groups in total. The average molecular weight is 196 g/mol. The normalized spacial score (nSPS) is 11.9. The van der Waals surface area contributed by atoms with Crippen LogP contribution in [0.1, 0.15) is 51.9 Å². The highest BCUT2D eigenvalue weighted by Crippen LogP contribution is 2.05. The third-order valence-electron chi connectivity index (χ3n) is 2.15. The lowest BCUT2D eigenvalue weighted by atomic mass is 10.1. The SMILES string of the molecule is CC/C=C/C=C\CCCCCCCO. The Labute approximate surface area is 88.5 Å². The zero-order valence-corrected chi connectivity index (χ0v) is 9.41. The predicted octanol–water partition coefficient (Wildman–Crippen LogP) is 3.84. The van der Waals surface area contributed by atoms with Gasteiger partial charge in [0.25, 0.3) is 0 Å². The smallest absolute Gasteiger partial charge is 0.0431 e. The largest absolute Gasteiger partial charge is 0.396 e. The minimum atomic E-state index is 0.349. The van der Waals surface area contributed by atoms with E-state index >= 15 is 0 Å². The van der Waals surface area contributed by atoms with Gasteiger partial charge in [-0.15, -0.1) is 0 Å². The van der Waals surface area contributed by atoms with Crippen molar-refractivity contribution < 1.29 is 5.11 Å². The van der Waals surface area contributed by atoms with Crippen LogP contribution in [0, 0.1) is 0 Å². The summed E-state index contributed by atoms with van der Waals surface area (Å²) in [6.07, 6.45) is 16.9. The lowest BCUT2D eigenvalue weighted by Crippen LogP contribution is -1.82. The molecule has 0 aromatic carbocycles. The molecule has 0 aliphatic carbocycles. The third-order valence-corrected chi connectivity index (χ3v) is 2.15. The van der Waals surface area contributed by atoms with Crippen LogP contribution in [0.4, 0.5) is 0 Å². The van der Waals surface area contributed by atoms with E-state index in [0.29, 0.717) is 6.61 Å². The number of hydrogen-bond donors (Lipinski definition) is 1. The highest BCUT2D eigenvalue weighted by atomic mass is 16.2. The molecule has 0 aromatic rings. The van der Waals surface area contributed by atoms with Gasteiger partial charge in [-0.05, 0) is 25.7 Å². The van der Waals surface area contributed by atoms with Crippen molar-refractivity contribution in [1.82, 2.24) is 0 Å². The van der Waals surface area contributed by atoms with Crippen LogP contribution in [0.3, 0.4) is 0 Å². The first-order chi connectivity index (χ1) is 6.91. The zero-order valence-electron chi connectivity index (χ0n) is 9.41. The van der Waals surface area contributed by atoms with Gasteiger partial charge in [0.2, 0.25) is 0 Å². The van der Waals surface area contributed by atoms with Gasteiger partial charge in [0.15, 0.2) is 0 Å². The average Bonchev–Trinajstić information content (AvgIpc) is 2.21. The Morgan fingerprint density at radius 3 is 2.21 bits per heavy atom. The van der Waals surface area contributed by atoms with Crippen LogP contribution >= 0.6 is 0 Å². The van der Waals surface area contributed by atoms with Crippen LogP contribution in [0.5, 0.6) is 0 Å². The molecule has 0 spiro atoms. The van der Waals surface area contributed by atoms with E-state index < -0.39 is 0 Å². The maximum absolute atomic E-state index is 8.57. The maximum atomic E-state index is 8.57. The third kappa shape index (κ3) is 11.4. The summed E-state index contributed by atoms with van der Waals surface area (Å²) in [7, 11) is 0. The molecule has 0 heterocycles. The monoisotopic (exact) mass is 196 g/mol. The molecule has 0 atom stereocenters. The summed E-state index contributed by atoms with van der Waals surface area (Å²) >= 11 is 0. The number of hydrogen-bond acceptors (Lipinski definition) is 1. The minimum Gasteiger partial charge on any atom is -0.396 e. The number of rotatable bonds is 9. The second-order valence-electron chi connectivity index (χ2n) is 3.54. The van der Waals surface area contributed by atoms with E-state index in [2.05, 4.69) is 31.2 Å². The second kappa shape index (κ2) is 12.4. The van der Waals surface area contributed by atoms with Gasteiger partial charge in [0, 0.05) is 6.61 Å². The van der Waals surface area contributed by atoms with E-state index in [4.69, 9.17) is 5.11 Å². The second-order valence-corrected chi connectivity index (χ2v) is 3.54. The Morgan fingerprint density at radius 1 is 0.857 bits per heavy atom. The summed E-state index contributed by atoms with van der Waals surface area (Å²) in [5, 5.41) is 8.57. The summed E-state index contributed by atoms with van der Waals surface area (Å²) in [5.41, 5.74) is 0. The molecular formula is C13H24O. The van der Waals surface area contributed by atoms with Crippen LogP contribution in [-0.2, 0) is 0 Å². The number of aliphatic hydroxyl groups is 1. The van der Waals surface area contributed by atoms with Gasteiger partial charge in [0.05, 0.1) is 0 Å². The van der Waals surface area contributed by atoms with E-state index in [9.17, 15) is 0 Å². The molecule has 0 saturated heterocycles. The van der Waals surface area contributed by atoms with Crippen molar-refractivity contribution in [2.24, 2.45) is 0 Å². The van der Waals surface area contributed by atoms with E-state index in [1.165, 1.54) is 32.1 Å². The number of unbranched alkanes of at least 4 members (excludes halogenated alkanes) is 5. The predicted molar refractivity (Wildman–Crippen MR) is 63.4 cm³/mol. The van der Waals surface area contributed by atoms with E-state index in [1.54, 1.807) is 0 Å². The van der Waals surface area contributed by atoms with E-state index in [1.807, 2.05) is 0 Å². The highest BCUT2D eigenvalue weighted by molar-refractivity contribution is 5.01. The molecule has 0 rings (SSSR count). The molecule has 0 saturated carbocycles. The standard InChI is InChI=1S/C13H24O/c1-2-3-4-5-6-7-8-9-10-11-12-13-14/h3-6,14H,2,7-13H2,1H3/b4-3+,6-5-. The fourth-order valence-electron chi connectivity index (χ4n) is 1.29. The maximum Gasteiger partial charge on any atom is 0.0431 e. The van der Waals surface area contributed by atoms with Gasteiger partial charge < -0.3 is 5.11 Å². The van der Waals surface area contributed by atoms with Gasteiger partial charge in [-0.1, -0.05) is 50.5 Å². The van der Waals surface area contributed by atoms with E-state index in [0.717, 1.165) is 12.8 Å². The van der Waals surface area contributed by atoms with Crippen molar-refractivity contribution in [3.63, 3.8) is 0 Å². The summed E-state index contributed by atoms with van der Waals surface area (Å²) in [4.78, 5) is 0. The van der Waals surface area contributed by atoms with Crippen molar-refractivity contribution in [3.05, 3.63) is 24.3 Å². The fraction of sp³-hybridized carbons (Fsp3) is 0.692.